The zero-order valence-electron chi connectivity index (χ0n) is 9.09. The molecule has 0 atom stereocenters. The van der Waals surface area contributed by atoms with Crippen molar-refractivity contribution in [2.24, 2.45) is 0 Å². The second-order valence-electron chi connectivity index (χ2n) is 3.88. The quantitative estimate of drug-likeness (QED) is 0.882. The molecule has 5 heteroatoms. The van der Waals surface area contributed by atoms with Gasteiger partial charge >= 0.3 is 0 Å². The van der Waals surface area contributed by atoms with Crippen LogP contribution in [-0.4, -0.2) is 17.3 Å². The highest BCUT2D eigenvalue weighted by Crippen LogP contribution is 2.38. The van der Waals surface area contributed by atoms with E-state index in [4.69, 9.17) is 23.2 Å². The first-order chi connectivity index (χ1) is 7.70. The number of thioether (sulfide) groups is 1. The fraction of sp³-hybridized carbons (Fsp3) is 0.545. The van der Waals surface area contributed by atoms with E-state index in [2.05, 4.69) is 10.3 Å². The number of nitrogens with one attached hydrogen (secondary N) is 1. The van der Waals surface area contributed by atoms with Gasteiger partial charge in [0.05, 0.1) is 10.0 Å². The highest BCUT2D eigenvalue weighted by Gasteiger charge is 2.19. The molecule has 1 aromatic heterocycles. The van der Waals surface area contributed by atoms with Crippen LogP contribution >= 0.6 is 35.0 Å². The number of pyridine rings is 1. The fourth-order valence-electron chi connectivity index (χ4n) is 1.87. The minimum atomic E-state index is 0.572. The van der Waals surface area contributed by atoms with Crippen LogP contribution in [0.3, 0.4) is 0 Å². The molecule has 2 nitrogen and oxygen atoms in total. The molecule has 1 aliphatic rings. The summed E-state index contributed by atoms with van der Waals surface area (Å²) in [6, 6.07) is 1.76. The van der Waals surface area contributed by atoms with Gasteiger partial charge in [-0.3, -0.25) is 0 Å². The van der Waals surface area contributed by atoms with Crippen molar-refractivity contribution in [2.75, 3.05) is 12.4 Å². The minimum Gasteiger partial charge on any atom is -0.372 e. The molecule has 1 saturated carbocycles. The Hall–Kier alpha value is -0.120. The topological polar surface area (TPSA) is 24.9 Å². The van der Waals surface area contributed by atoms with Gasteiger partial charge in [0.25, 0.3) is 0 Å². The van der Waals surface area contributed by atoms with Crippen LogP contribution in [0, 0.1) is 0 Å². The maximum absolute atomic E-state index is 6.14. The lowest BCUT2D eigenvalue weighted by molar-refractivity contribution is 0.886. The van der Waals surface area contributed by atoms with Gasteiger partial charge in [0.2, 0.25) is 0 Å². The van der Waals surface area contributed by atoms with Crippen molar-refractivity contribution < 1.29 is 0 Å². The Bertz CT molecular complexity index is 378. The highest BCUT2D eigenvalue weighted by atomic mass is 35.5. The van der Waals surface area contributed by atoms with E-state index in [1.54, 1.807) is 17.8 Å². The third-order valence-electron chi connectivity index (χ3n) is 2.71. The van der Waals surface area contributed by atoms with E-state index < -0.39 is 0 Å². The third kappa shape index (κ3) is 2.76. The van der Waals surface area contributed by atoms with Gasteiger partial charge in [-0.1, -0.05) is 36.0 Å². The maximum atomic E-state index is 6.14. The van der Waals surface area contributed by atoms with Crippen LogP contribution in [0.2, 0.25) is 10.0 Å². The molecule has 0 amide bonds. The molecule has 0 radical (unpaired) electrons. The first-order valence-corrected chi connectivity index (χ1v) is 7.04. The van der Waals surface area contributed by atoms with Gasteiger partial charge < -0.3 is 5.32 Å². The predicted molar refractivity (Wildman–Crippen MR) is 71.9 cm³/mol. The average Bonchev–Trinajstić information content (AvgIpc) is 2.75. The van der Waals surface area contributed by atoms with E-state index in [1.807, 2.05) is 7.05 Å². The van der Waals surface area contributed by atoms with Crippen molar-refractivity contribution in [1.82, 2.24) is 4.98 Å². The summed E-state index contributed by atoms with van der Waals surface area (Å²) in [5.41, 5.74) is 0. The summed E-state index contributed by atoms with van der Waals surface area (Å²) < 4.78 is 0. The van der Waals surface area contributed by atoms with Crippen LogP contribution in [0.25, 0.3) is 0 Å². The Morgan fingerprint density at radius 2 is 2.00 bits per heavy atom. The number of rotatable bonds is 3. The van der Waals surface area contributed by atoms with Crippen LogP contribution in [0.1, 0.15) is 25.7 Å². The number of hydrogen-bond acceptors (Lipinski definition) is 3. The van der Waals surface area contributed by atoms with Crippen molar-refractivity contribution in [3.8, 4) is 0 Å². The average molecular weight is 277 g/mol. The van der Waals surface area contributed by atoms with Gasteiger partial charge in [-0.25, -0.2) is 4.98 Å². The molecule has 1 fully saturated rings. The van der Waals surface area contributed by atoms with E-state index >= 15 is 0 Å². The molecule has 1 N–H and O–H groups in total. The number of hydrogen-bond donors (Lipinski definition) is 1. The van der Waals surface area contributed by atoms with Gasteiger partial charge in [0.15, 0.2) is 0 Å². The molecule has 0 bridgehead atoms. The van der Waals surface area contributed by atoms with Crippen LogP contribution in [-0.2, 0) is 0 Å². The van der Waals surface area contributed by atoms with E-state index in [0.717, 1.165) is 5.03 Å². The Kier molecular flexibility index (Phi) is 4.22. The Morgan fingerprint density at radius 1 is 1.31 bits per heavy atom. The number of anilines is 1. The summed E-state index contributed by atoms with van der Waals surface area (Å²) in [5, 5.41) is 5.75. The van der Waals surface area contributed by atoms with Crippen molar-refractivity contribution in [3.63, 3.8) is 0 Å². The molecule has 16 heavy (non-hydrogen) atoms. The molecule has 0 aromatic carbocycles. The fourth-order valence-corrected chi connectivity index (χ4v) is 3.66. The van der Waals surface area contributed by atoms with E-state index in [9.17, 15) is 0 Å². The third-order valence-corrected chi connectivity index (χ3v) is 4.74. The Morgan fingerprint density at radius 3 is 2.62 bits per heavy atom. The summed E-state index contributed by atoms with van der Waals surface area (Å²) in [7, 11) is 1.81. The molecule has 0 unspecified atom stereocenters. The van der Waals surface area contributed by atoms with Crippen LogP contribution in [0.5, 0.6) is 0 Å². The van der Waals surface area contributed by atoms with Crippen LogP contribution < -0.4 is 5.32 Å². The first kappa shape index (κ1) is 12.3. The molecule has 0 saturated heterocycles. The standard InChI is InChI=1S/C11H14Cl2N2S/c1-14-10-8(12)6-9(13)11(15-10)16-7-4-2-3-5-7/h6-7H,2-5H2,1H3,(H,14,15). The van der Waals surface area contributed by atoms with Crippen molar-refractivity contribution >= 4 is 40.8 Å². The van der Waals surface area contributed by atoms with Crippen molar-refractivity contribution in [3.05, 3.63) is 16.1 Å². The Labute approximate surface area is 110 Å². The molecular formula is C11H14Cl2N2S. The van der Waals surface area contributed by atoms with Crippen LogP contribution in [0.15, 0.2) is 11.1 Å². The van der Waals surface area contributed by atoms with Crippen LogP contribution in [0.4, 0.5) is 5.82 Å². The first-order valence-electron chi connectivity index (χ1n) is 5.41. The zero-order valence-corrected chi connectivity index (χ0v) is 11.4. The normalized spacial score (nSPS) is 16.7. The number of aromatic nitrogens is 1. The zero-order chi connectivity index (χ0) is 11.5. The predicted octanol–water partition coefficient (Wildman–Crippen LogP) is 4.46. The van der Waals surface area contributed by atoms with Gasteiger partial charge in [-0.2, -0.15) is 0 Å². The van der Waals surface area contributed by atoms with Gasteiger partial charge in [0, 0.05) is 12.3 Å². The molecular weight excluding hydrogens is 263 g/mol. The summed E-state index contributed by atoms with van der Waals surface area (Å²) in [4.78, 5) is 4.44. The van der Waals surface area contributed by atoms with Crippen molar-refractivity contribution in [1.29, 1.82) is 0 Å². The molecule has 88 valence electrons. The monoisotopic (exact) mass is 276 g/mol. The summed E-state index contributed by atoms with van der Waals surface area (Å²) in [6.07, 6.45) is 5.17. The highest BCUT2D eigenvalue weighted by molar-refractivity contribution is 8.00. The number of halogens is 2. The molecule has 1 aromatic rings. The molecule has 0 spiro atoms. The van der Waals surface area contributed by atoms with E-state index in [1.165, 1.54) is 25.7 Å². The molecule has 2 rings (SSSR count). The minimum absolute atomic E-state index is 0.572. The maximum Gasteiger partial charge on any atom is 0.145 e. The summed E-state index contributed by atoms with van der Waals surface area (Å²) >= 11 is 13.9. The number of nitrogens with zero attached hydrogens (tertiary/aromatic N) is 1. The lowest BCUT2D eigenvalue weighted by Gasteiger charge is -2.11. The molecule has 0 aliphatic heterocycles. The summed E-state index contributed by atoms with van der Waals surface area (Å²) in [5.74, 6) is 0.701. The lowest BCUT2D eigenvalue weighted by Crippen LogP contribution is -1.99. The van der Waals surface area contributed by atoms with Gasteiger partial charge in [-0.15, -0.1) is 11.8 Å². The second-order valence-corrected chi connectivity index (χ2v) is 5.98. The largest absolute Gasteiger partial charge is 0.372 e. The Balaban J connectivity index is 2.18. The SMILES string of the molecule is CNc1nc(SC2CCCC2)c(Cl)cc1Cl. The van der Waals surface area contributed by atoms with Gasteiger partial charge in [0.1, 0.15) is 10.8 Å². The lowest BCUT2D eigenvalue weighted by atomic mass is 10.4. The smallest absolute Gasteiger partial charge is 0.145 e. The summed E-state index contributed by atoms with van der Waals surface area (Å²) in [6.45, 7) is 0. The van der Waals surface area contributed by atoms with E-state index in [0.29, 0.717) is 21.1 Å². The molecule has 1 aliphatic carbocycles. The molecule has 1 heterocycles. The van der Waals surface area contributed by atoms with E-state index in [-0.39, 0.29) is 0 Å². The van der Waals surface area contributed by atoms with Crippen molar-refractivity contribution in [2.45, 2.75) is 36.0 Å². The van der Waals surface area contributed by atoms with Gasteiger partial charge in [-0.05, 0) is 18.9 Å². The second kappa shape index (κ2) is 5.48.